The van der Waals surface area contributed by atoms with Crippen molar-refractivity contribution in [1.29, 1.82) is 0 Å². The monoisotopic (exact) mass is 415 g/mol. The first-order valence-corrected chi connectivity index (χ1v) is 8.49. The number of rotatable bonds is 6. The van der Waals surface area contributed by atoms with Crippen LogP contribution in [0.5, 0.6) is 5.75 Å². The van der Waals surface area contributed by atoms with Gasteiger partial charge in [0.05, 0.1) is 24.6 Å². The lowest BCUT2D eigenvalue weighted by Crippen LogP contribution is -2.37. The second-order valence-electron chi connectivity index (χ2n) is 6.23. The number of nitrogens with one attached hydrogen (secondary N) is 1. The molecule has 0 atom stereocenters. The van der Waals surface area contributed by atoms with Crippen LogP contribution >= 0.6 is 0 Å². The minimum absolute atomic E-state index is 0.0569. The SMILES string of the molecule is COc1ccc(C=NNC(=O)Cn2cnc3c(=O)n(C)c(=O)n(C)c32)cc1[N+](=O)[O-]. The van der Waals surface area contributed by atoms with Gasteiger partial charge in [-0.25, -0.2) is 15.2 Å². The predicted molar refractivity (Wildman–Crippen MR) is 106 cm³/mol. The summed E-state index contributed by atoms with van der Waals surface area (Å²) in [5, 5.41) is 14.8. The summed E-state index contributed by atoms with van der Waals surface area (Å²) in [5.74, 6) is -0.452. The van der Waals surface area contributed by atoms with Gasteiger partial charge in [-0.2, -0.15) is 5.10 Å². The average Bonchev–Trinajstić information content (AvgIpc) is 3.14. The number of methoxy groups -OCH3 is 1. The highest BCUT2D eigenvalue weighted by molar-refractivity contribution is 5.84. The molecule has 3 aromatic rings. The number of benzene rings is 1. The zero-order valence-electron chi connectivity index (χ0n) is 16.2. The molecule has 2 heterocycles. The van der Waals surface area contributed by atoms with Gasteiger partial charge in [0.25, 0.3) is 11.5 Å². The maximum Gasteiger partial charge on any atom is 0.332 e. The first-order valence-electron chi connectivity index (χ1n) is 8.49. The molecule has 1 amide bonds. The number of fused-ring (bicyclic) bond motifs is 1. The third-order valence-electron chi connectivity index (χ3n) is 4.33. The van der Waals surface area contributed by atoms with Crippen LogP contribution in [0, 0.1) is 10.1 Å². The zero-order chi connectivity index (χ0) is 22.0. The normalized spacial score (nSPS) is 11.2. The van der Waals surface area contributed by atoms with Crippen molar-refractivity contribution in [3.05, 3.63) is 61.0 Å². The van der Waals surface area contributed by atoms with Crippen LogP contribution in [0.15, 0.2) is 39.2 Å². The van der Waals surface area contributed by atoms with Gasteiger partial charge in [0.1, 0.15) is 12.2 Å². The number of ether oxygens (including phenoxy) is 1. The van der Waals surface area contributed by atoms with E-state index in [4.69, 9.17) is 4.74 Å². The first kappa shape index (κ1) is 20.4. The molecule has 156 valence electrons. The van der Waals surface area contributed by atoms with E-state index < -0.39 is 22.1 Å². The number of hydrazone groups is 1. The molecule has 0 aliphatic rings. The maximum absolute atomic E-state index is 12.2. The molecule has 0 bridgehead atoms. The molecule has 2 aromatic heterocycles. The maximum atomic E-state index is 12.2. The van der Waals surface area contributed by atoms with Crippen molar-refractivity contribution in [3.63, 3.8) is 0 Å². The van der Waals surface area contributed by atoms with Gasteiger partial charge in [-0.05, 0) is 12.1 Å². The number of aromatic nitrogens is 4. The average molecular weight is 415 g/mol. The number of hydrogen-bond donors (Lipinski definition) is 1. The highest BCUT2D eigenvalue weighted by Crippen LogP contribution is 2.26. The minimum atomic E-state index is -0.590. The van der Waals surface area contributed by atoms with E-state index in [9.17, 15) is 24.5 Å². The van der Waals surface area contributed by atoms with Crippen molar-refractivity contribution < 1.29 is 14.5 Å². The number of nitro benzene ring substituents is 1. The Bertz CT molecular complexity index is 1300. The highest BCUT2D eigenvalue weighted by Gasteiger charge is 2.16. The van der Waals surface area contributed by atoms with Crippen LogP contribution in [-0.2, 0) is 25.4 Å². The van der Waals surface area contributed by atoms with Crippen molar-refractivity contribution >= 4 is 29.0 Å². The van der Waals surface area contributed by atoms with Gasteiger partial charge in [-0.15, -0.1) is 0 Å². The summed E-state index contributed by atoms with van der Waals surface area (Å²) in [6.07, 6.45) is 2.52. The fraction of sp³-hybridized carbons (Fsp3) is 0.235. The third-order valence-corrected chi connectivity index (χ3v) is 4.33. The van der Waals surface area contributed by atoms with Gasteiger partial charge in [0, 0.05) is 25.7 Å². The number of imidazole rings is 1. The number of nitro groups is 1. The molecule has 0 saturated carbocycles. The molecule has 1 N–H and O–H groups in total. The van der Waals surface area contributed by atoms with Gasteiger partial charge in [-0.1, -0.05) is 0 Å². The molecule has 0 aliphatic carbocycles. The van der Waals surface area contributed by atoms with Gasteiger partial charge in [0.2, 0.25) is 0 Å². The number of hydrogen-bond acceptors (Lipinski definition) is 8. The number of amides is 1. The van der Waals surface area contributed by atoms with E-state index >= 15 is 0 Å². The van der Waals surface area contributed by atoms with Gasteiger partial charge in [0.15, 0.2) is 11.3 Å². The standard InChI is InChI=1S/C17H17N7O6/c1-21-15-14(16(26)22(2)17(21)27)18-9-23(15)8-13(25)20-19-7-10-4-5-12(30-3)11(6-10)24(28)29/h4-7,9H,8H2,1-3H3,(H,20,25). The van der Waals surface area contributed by atoms with Gasteiger partial charge in [-0.3, -0.25) is 28.8 Å². The summed E-state index contributed by atoms with van der Waals surface area (Å²) in [6, 6.07) is 4.21. The Hall–Kier alpha value is -4.29. The van der Waals surface area contributed by atoms with E-state index in [1.807, 2.05) is 0 Å². The molecule has 3 rings (SSSR count). The van der Waals surface area contributed by atoms with Crippen LogP contribution in [0.2, 0.25) is 0 Å². The second kappa shape index (κ2) is 7.98. The molecule has 0 aliphatic heterocycles. The molecule has 13 nitrogen and oxygen atoms in total. The Balaban J connectivity index is 1.77. The molecular weight excluding hydrogens is 398 g/mol. The summed E-state index contributed by atoms with van der Waals surface area (Å²) in [7, 11) is 4.13. The number of carbonyl (C=O) groups is 1. The van der Waals surface area contributed by atoms with Crippen molar-refractivity contribution in [2.24, 2.45) is 19.2 Å². The lowest BCUT2D eigenvalue weighted by atomic mass is 10.2. The Morgan fingerprint density at radius 3 is 2.73 bits per heavy atom. The summed E-state index contributed by atoms with van der Waals surface area (Å²) in [5.41, 5.74) is 1.57. The molecule has 1 aromatic carbocycles. The van der Waals surface area contributed by atoms with Crippen LogP contribution in [0.3, 0.4) is 0 Å². The molecule has 30 heavy (non-hydrogen) atoms. The molecule has 0 spiro atoms. The quantitative estimate of drug-likeness (QED) is 0.323. The predicted octanol–water partition coefficient (Wildman–Crippen LogP) is -0.499. The van der Waals surface area contributed by atoms with E-state index in [-0.39, 0.29) is 29.1 Å². The van der Waals surface area contributed by atoms with Crippen LogP contribution in [0.25, 0.3) is 11.2 Å². The summed E-state index contributed by atoms with van der Waals surface area (Å²) < 4.78 is 8.42. The van der Waals surface area contributed by atoms with Gasteiger partial charge < -0.3 is 9.30 Å². The molecule has 0 fully saturated rings. The molecular formula is C17H17N7O6. The fourth-order valence-corrected chi connectivity index (χ4v) is 2.85. The van der Waals surface area contributed by atoms with Crippen LogP contribution < -0.4 is 21.4 Å². The molecule has 0 saturated heterocycles. The van der Waals surface area contributed by atoms with E-state index in [0.29, 0.717) is 5.56 Å². The molecule has 0 radical (unpaired) electrons. The van der Waals surface area contributed by atoms with Crippen molar-refractivity contribution in [3.8, 4) is 5.75 Å². The van der Waals surface area contributed by atoms with E-state index in [2.05, 4.69) is 15.5 Å². The van der Waals surface area contributed by atoms with E-state index in [0.717, 1.165) is 4.57 Å². The van der Waals surface area contributed by atoms with Crippen molar-refractivity contribution in [2.75, 3.05) is 7.11 Å². The largest absolute Gasteiger partial charge is 0.490 e. The van der Waals surface area contributed by atoms with Crippen LogP contribution in [-0.4, -0.2) is 42.8 Å². The zero-order valence-corrected chi connectivity index (χ0v) is 16.2. The Morgan fingerprint density at radius 2 is 2.07 bits per heavy atom. The topological polar surface area (TPSA) is 156 Å². The van der Waals surface area contributed by atoms with Gasteiger partial charge >= 0.3 is 11.4 Å². The lowest BCUT2D eigenvalue weighted by Gasteiger charge is -2.07. The number of nitrogens with zero attached hydrogens (tertiary/aromatic N) is 6. The molecule has 0 unspecified atom stereocenters. The Labute approximate surface area is 168 Å². The van der Waals surface area contributed by atoms with Crippen molar-refractivity contribution in [1.82, 2.24) is 24.1 Å². The Kier molecular flexibility index (Phi) is 5.44. The minimum Gasteiger partial charge on any atom is -0.490 e. The molecule has 13 heteroatoms. The highest BCUT2D eigenvalue weighted by atomic mass is 16.6. The lowest BCUT2D eigenvalue weighted by molar-refractivity contribution is -0.385. The summed E-state index contributed by atoms with van der Waals surface area (Å²) >= 11 is 0. The second-order valence-corrected chi connectivity index (χ2v) is 6.23. The smallest absolute Gasteiger partial charge is 0.332 e. The summed E-state index contributed by atoms with van der Waals surface area (Å²) in [4.78, 5) is 50.9. The van der Waals surface area contributed by atoms with Crippen LogP contribution in [0.1, 0.15) is 5.56 Å². The van der Waals surface area contributed by atoms with E-state index in [1.165, 1.54) is 61.1 Å². The third kappa shape index (κ3) is 3.67. The Morgan fingerprint density at radius 1 is 1.33 bits per heavy atom. The van der Waals surface area contributed by atoms with Crippen LogP contribution in [0.4, 0.5) is 5.69 Å². The number of carbonyl (C=O) groups excluding carboxylic acids is 1. The number of aryl methyl sites for hydroxylation is 1. The first-order chi connectivity index (χ1) is 14.2. The summed E-state index contributed by atoms with van der Waals surface area (Å²) in [6.45, 7) is -0.253. The van der Waals surface area contributed by atoms with Crippen molar-refractivity contribution in [2.45, 2.75) is 6.54 Å². The fourth-order valence-electron chi connectivity index (χ4n) is 2.85. The van der Waals surface area contributed by atoms with E-state index in [1.54, 1.807) is 0 Å².